The lowest BCUT2D eigenvalue weighted by Crippen LogP contribution is -2.41. The Hall–Kier alpha value is -3.57. The number of alkyl halides is 3. The Morgan fingerprint density at radius 3 is 2.44 bits per heavy atom. The van der Waals surface area contributed by atoms with Crippen LogP contribution >= 0.6 is 11.6 Å². The molecule has 0 aromatic heterocycles. The van der Waals surface area contributed by atoms with E-state index in [1.165, 1.54) is 18.2 Å². The molecule has 0 radical (unpaired) electrons. The monoisotopic (exact) mass is 639 g/mol. The van der Waals surface area contributed by atoms with Gasteiger partial charge in [0.15, 0.2) is 9.84 Å². The molecule has 2 unspecified atom stereocenters. The lowest BCUT2D eigenvalue weighted by molar-refractivity contribution is -0.137. The van der Waals surface area contributed by atoms with Crippen LogP contribution in [0.4, 0.5) is 22.4 Å². The lowest BCUT2D eigenvalue weighted by Gasteiger charge is -2.32. The Morgan fingerprint density at radius 2 is 1.79 bits per heavy atom. The van der Waals surface area contributed by atoms with Crippen molar-refractivity contribution in [1.29, 1.82) is 0 Å². The Balaban J connectivity index is 1.75. The molecule has 1 N–H and O–H groups in total. The van der Waals surface area contributed by atoms with Crippen LogP contribution in [-0.2, 0) is 20.8 Å². The first kappa shape index (κ1) is 32.3. The molecule has 0 spiro atoms. The van der Waals surface area contributed by atoms with E-state index in [0.717, 1.165) is 18.2 Å². The van der Waals surface area contributed by atoms with E-state index in [0.29, 0.717) is 17.2 Å². The van der Waals surface area contributed by atoms with Gasteiger partial charge >= 0.3 is 12.3 Å². The van der Waals surface area contributed by atoms with Crippen LogP contribution in [-0.4, -0.2) is 32.8 Å². The van der Waals surface area contributed by atoms with Gasteiger partial charge in [0.1, 0.15) is 23.3 Å². The normalized spacial score (nSPS) is 17.6. The fourth-order valence-corrected chi connectivity index (χ4v) is 6.94. The van der Waals surface area contributed by atoms with Gasteiger partial charge in [0.25, 0.3) is 0 Å². The molecule has 1 heterocycles. The maximum Gasteiger partial charge on any atom is 0.416 e. The molecule has 230 valence electrons. The van der Waals surface area contributed by atoms with E-state index in [2.05, 4.69) is 5.32 Å². The predicted molar refractivity (Wildman–Crippen MR) is 156 cm³/mol. The number of benzene rings is 3. The fraction of sp³-hybridized carbons (Fsp3) is 0.323. The van der Waals surface area contributed by atoms with E-state index in [1.807, 2.05) is 0 Å². The first-order valence-electron chi connectivity index (χ1n) is 13.3. The first-order chi connectivity index (χ1) is 20.0. The second-order valence-corrected chi connectivity index (χ2v) is 13.7. The molecule has 4 rings (SSSR count). The highest BCUT2D eigenvalue weighted by atomic mass is 35.5. The molecule has 12 heteroatoms. The molecule has 1 amide bonds. The SMILES string of the molecule is C/C(=C\c1ccc2c(c1)C(S(=O)(=O)c1cccc(C(F)(F)F)c1)CC(CNC(=O)OC(C)(C)C)O2)c1c(F)cccc1Cl. The second kappa shape index (κ2) is 12.2. The topological polar surface area (TPSA) is 81.7 Å². The molecule has 0 saturated carbocycles. The third-order valence-electron chi connectivity index (χ3n) is 6.63. The van der Waals surface area contributed by atoms with Gasteiger partial charge in [-0.05, 0) is 81.3 Å². The van der Waals surface area contributed by atoms with Crippen LogP contribution in [0.3, 0.4) is 0 Å². The fourth-order valence-electron chi connectivity index (χ4n) is 4.75. The Kier molecular flexibility index (Phi) is 9.18. The van der Waals surface area contributed by atoms with Crippen LogP contribution in [0, 0.1) is 5.82 Å². The molecule has 1 aliphatic heterocycles. The number of hydrogen-bond acceptors (Lipinski definition) is 5. The Labute approximate surface area is 252 Å². The van der Waals surface area contributed by atoms with Crippen molar-refractivity contribution in [1.82, 2.24) is 5.32 Å². The quantitative estimate of drug-likeness (QED) is 0.217. The number of fused-ring (bicyclic) bond motifs is 1. The smallest absolute Gasteiger partial charge is 0.416 e. The minimum absolute atomic E-state index is 0.116. The van der Waals surface area contributed by atoms with Gasteiger partial charge in [-0.2, -0.15) is 13.2 Å². The number of alkyl carbamates (subject to hydrolysis) is 1. The van der Waals surface area contributed by atoms with Crippen molar-refractivity contribution in [3.63, 3.8) is 0 Å². The predicted octanol–water partition coefficient (Wildman–Crippen LogP) is 8.25. The van der Waals surface area contributed by atoms with Crippen molar-refractivity contribution in [3.8, 4) is 5.75 Å². The van der Waals surface area contributed by atoms with E-state index in [4.69, 9.17) is 21.1 Å². The van der Waals surface area contributed by atoms with Crippen LogP contribution < -0.4 is 10.1 Å². The van der Waals surface area contributed by atoms with Crippen molar-refractivity contribution in [2.45, 2.75) is 62.1 Å². The highest BCUT2D eigenvalue weighted by Gasteiger charge is 2.40. The van der Waals surface area contributed by atoms with Gasteiger partial charge in [-0.15, -0.1) is 0 Å². The number of amides is 1. The van der Waals surface area contributed by atoms with Gasteiger partial charge in [0.2, 0.25) is 0 Å². The molecule has 3 aromatic carbocycles. The van der Waals surface area contributed by atoms with Crippen LogP contribution in [0.5, 0.6) is 5.75 Å². The molecule has 43 heavy (non-hydrogen) atoms. The zero-order chi connectivity index (χ0) is 31.7. The number of ether oxygens (including phenoxy) is 2. The molecular formula is C31H30ClF4NO5S. The van der Waals surface area contributed by atoms with Gasteiger partial charge < -0.3 is 14.8 Å². The number of carbonyl (C=O) groups excluding carboxylic acids is 1. The van der Waals surface area contributed by atoms with Crippen molar-refractivity contribution in [3.05, 3.63) is 93.8 Å². The van der Waals surface area contributed by atoms with Crippen molar-refractivity contribution in [2.24, 2.45) is 0 Å². The minimum atomic E-state index is -4.75. The summed E-state index contributed by atoms with van der Waals surface area (Å²) in [5.74, 6) is -0.352. The van der Waals surface area contributed by atoms with Crippen LogP contribution in [0.1, 0.15) is 61.6 Å². The third-order valence-corrected chi connectivity index (χ3v) is 9.05. The molecule has 1 aliphatic rings. The number of hydrogen-bond donors (Lipinski definition) is 1. The highest BCUT2D eigenvalue weighted by Crippen LogP contribution is 2.44. The number of allylic oxidation sites excluding steroid dienone is 1. The average Bonchev–Trinajstić information content (AvgIpc) is 2.90. The van der Waals surface area contributed by atoms with Gasteiger partial charge in [-0.1, -0.05) is 35.9 Å². The van der Waals surface area contributed by atoms with Crippen LogP contribution in [0.25, 0.3) is 11.6 Å². The molecule has 0 fully saturated rings. The summed E-state index contributed by atoms with van der Waals surface area (Å²) in [7, 11) is -4.40. The van der Waals surface area contributed by atoms with Gasteiger partial charge in [0.05, 0.1) is 27.3 Å². The summed E-state index contributed by atoms with van der Waals surface area (Å²) in [6.07, 6.45) is -4.88. The van der Waals surface area contributed by atoms with Gasteiger partial charge in [0, 0.05) is 17.5 Å². The highest BCUT2D eigenvalue weighted by molar-refractivity contribution is 7.91. The Morgan fingerprint density at radius 1 is 1.09 bits per heavy atom. The van der Waals surface area contributed by atoms with Gasteiger partial charge in [-0.25, -0.2) is 17.6 Å². The third kappa shape index (κ3) is 7.69. The van der Waals surface area contributed by atoms with E-state index < -0.39 is 55.3 Å². The van der Waals surface area contributed by atoms with Gasteiger partial charge in [-0.3, -0.25) is 0 Å². The second-order valence-electron chi connectivity index (χ2n) is 11.1. The minimum Gasteiger partial charge on any atom is -0.488 e. The lowest BCUT2D eigenvalue weighted by atomic mass is 9.97. The zero-order valence-corrected chi connectivity index (χ0v) is 25.3. The average molecular weight is 640 g/mol. The summed E-state index contributed by atoms with van der Waals surface area (Å²) < 4.78 is 94.0. The first-order valence-corrected chi connectivity index (χ1v) is 15.2. The van der Waals surface area contributed by atoms with E-state index in [1.54, 1.807) is 52.0 Å². The number of halogens is 5. The van der Waals surface area contributed by atoms with Crippen molar-refractivity contribution in [2.75, 3.05) is 6.54 Å². The summed E-state index contributed by atoms with van der Waals surface area (Å²) in [5, 5.41) is 1.43. The van der Waals surface area contributed by atoms with Crippen molar-refractivity contribution < 1.29 is 40.2 Å². The molecule has 2 atom stereocenters. The number of nitrogens with one attached hydrogen (secondary N) is 1. The van der Waals surface area contributed by atoms with Crippen LogP contribution in [0.15, 0.2) is 65.6 Å². The van der Waals surface area contributed by atoms with Crippen molar-refractivity contribution >= 4 is 39.2 Å². The number of sulfone groups is 1. The summed E-state index contributed by atoms with van der Waals surface area (Å²) in [5.41, 5.74) is -0.510. The Bertz CT molecular complexity index is 1650. The number of carbonyl (C=O) groups is 1. The molecule has 0 bridgehead atoms. The summed E-state index contributed by atoms with van der Waals surface area (Å²) >= 11 is 6.21. The zero-order valence-electron chi connectivity index (χ0n) is 23.8. The molecular weight excluding hydrogens is 610 g/mol. The van der Waals surface area contributed by atoms with E-state index in [9.17, 15) is 30.8 Å². The van der Waals surface area contributed by atoms with Crippen LogP contribution in [0.2, 0.25) is 5.02 Å². The number of rotatable bonds is 6. The molecule has 0 saturated heterocycles. The summed E-state index contributed by atoms with van der Waals surface area (Å²) in [4.78, 5) is 11.7. The summed E-state index contributed by atoms with van der Waals surface area (Å²) in [6.45, 7) is 6.59. The van der Waals surface area contributed by atoms with E-state index >= 15 is 0 Å². The summed E-state index contributed by atoms with van der Waals surface area (Å²) in [6, 6.07) is 12.5. The molecule has 3 aromatic rings. The molecule has 0 aliphatic carbocycles. The molecule has 6 nitrogen and oxygen atoms in total. The van der Waals surface area contributed by atoms with E-state index in [-0.39, 0.29) is 34.9 Å². The standard InChI is InChI=1S/C31H30ClF4NO5S/c1-18(28-24(32)9-6-10-25(28)33)13-19-11-12-26-23(14-19)27(16-21(41-26)17-37-29(38)42-30(2,3)4)43(39,40)22-8-5-7-20(15-22)31(34,35)36/h5-15,21,27H,16-17H2,1-4H3,(H,37,38)/b18-13+. The largest absolute Gasteiger partial charge is 0.488 e. The maximum atomic E-state index is 14.5. The maximum absolute atomic E-state index is 14.5.